The van der Waals surface area contributed by atoms with Crippen molar-refractivity contribution in [2.45, 2.75) is 18.7 Å². The molecule has 6 nitrogen and oxygen atoms in total. The summed E-state index contributed by atoms with van der Waals surface area (Å²) in [4.78, 5) is 10.4. The van der Waals surface area contributed by atoms with Gasteiger partial charge in [-0.1, -0.05) is 21.1 Å². The molecule has 2 rings (SSSR count). The zero-order valence-corrected chi connectivity index (χ0v) is 11.5. The molecule has 1 aromatic heterocycles. The summed E-state index contributed by atoms with van der Waals surface area (Å²) in [5.74, 6) is 0. The highest BCUT2D eigenvalue weighted by atomic mass is 79.9. The Morgan fingerprint density at radius 1 is 1.50 bits per heavy atom. The first-order chi connectivity index (χ1) is 8.49. The highest BCUT2D eigenvalue weighted by Gasteiger charge is 2.12. The number of aromatic nitrogens is 3. The third kappa shape index (κ3) is 2.40. The summed E-state index contributed by atoms with van der Waals surface area (Å²) in [5, 5.41) is 18.7. The van der Waals surface area contributed by atoms with Crippen LogP contribution in [0.25, 0.3) is 5.69 Å². The lowest BCUT2D eigenvalue weighted by molar-refractivity contribution is -0.384. The van der Waals surface area contributed by atoms with Crippen molar-refractivity contribution in [2.75, 3.05) is 0 Å². The molecule has 0 spiro atoms. The predicted molar refractivity (Wildman–Crippen MR) is 70.1 cm³/mol. The summed E-state index contributed by atoms with van der Waals surface area (Å²) < 4.78 is 1.62. The minimum absolute atomic E-state index is 0.0745. The largest absolute Gasteiger partial charge is 0.269 e. The number of benzene rings is 1. The molecule has 0 aliphatic rings. The maximum absolute atomic E-state index is 10.7. The van der Waals surface area contributed by atoms with E-state index >= 15 is 0 Å². The molecule has 94 valence electrons. The Labute approximate surface area is 112 Å². The van der Waals surface area contributed by atoms with Crippen molar-refractivity contribution in [3.05, 3.63) is 45.8 Å². The Balaban J connectivity index is 2.41. The molecule has 0 saturated carbocycles. The van der Waals surface area contributed by atoms with Gasteiger partial charge >= 0.3 is 0 Å². The lowest BCUT2D eigenvalue weighted by Crippen LogP contribution is -1.99. The van der Waals surface area contributed by atoms with E-state index < -0.39 is 4.92 Å². The number of nitrogens with zero attached hydrogens (tertiary/aromatic N) is 4. The summed E-state index contributed by atoms with van der Waals surface area (Å²) in [5.41, 5.74) is 2.45. The fourth-order valence-electron chi connectivity index (χ4n) is 1.59. The van der Waals surface area contributed by atoms with Gasteiger partial charge in [0.15, 0.2) is 0 Å². The topological polar surface area (TPSA) is 73.8 Å². The van der Waals surface area contributed by atoms with Crippen LogP contribution in [0.4, 0.5) is 5.69 Å². The summed E-state index contributed by atoms with van der Waals surface area (Å²) in [7, 11) is 0. The SMILES string of the molecule is Cc1cc([N+](=O)[O-])ccc1-n1cc(C(C)Br)nn1. The number of alkyl halides is 1. The van der Waals surface area contributed by atoms with Crippen molar-refractivity contribution >= 4 is 21.6 Å². The van der Waals surface area contributed by atoms with Crippen molar-refractivity contribution in [3.8, 4) is 5.69 Å². The van der Waals surface area contributed by atoms with E-state index in [-0.39, 0.29) is 10.5 Å². The lowest BCUT2D eigenvalue weighted by atomic mass is 10.2. The molecule has 0 saturated heterocycles. The molecular weight excluding hydrogens is 300 g/mol. The highest BCUT2D eigenvalue weighted by molar-refractivity contribution is 9.09. The van der Waals surface area contributed by atoms with E-state index in [2.05, 4.69) is 26.2 Å². The van der Waals surface area contributed by atoms with Gasteiger partial charge in [0.25, 0.3) is 5.69 Å². The Bertz CT molecular complexity index is 594. The summed E-state index contributed by atoms with van der Waals surface area (Å²) >= 11 is 3.41. The monoisotopic (exact) mass is 310 g/mol. The standard InChI is InChI=1S/C11H11BrN4O2/c1-7-5-9(16(17)18)3-4-11(7)15-6-10(8(2)12)13-14-15/h3-6,8H,1-2H3. The van der Waals surface area contributed by atoms with E-state index in [1.807, 2.05) is 6.92 Å². The number of nitro groups is 1. The molecule has 0 aliphatic heterocycles. The number of non-ortho nitro benzene ring substituents is 1. The van der Waals surface area contributed by atoms with Crippen LogP contribution in [0.5, 0.6) is 0 Å². The van der Waals surface area contributed by atoms with Crippen molar-refractivity contribution in [3.63, 3.8) is 0 Å². The zero-order chi connectivity index (χ0) is 13.3. The van der Waals surface area contributed by atoms with Crippen LogP contribution in [0.2, 0.25) is 0 Å². The lowest BCUT2D eigenvalue weighted by Gasteiger charge is -2.04. The number of rotatable bonds is 3. The van der Waals surface area contributed by atoms with E-state index in [1.54, 1.807) is 23.9 Å². The second-order valence-electron chi connectivity index (χ2n) is 3.93. The molecule has 1 unspecified atom stereocenters. The Kier molecular flexibility index (Phi) is 3.42. The van der Waals surface area contributed by atoms with Gasteiger partial charge in [0, 0.05) is 12.1 Å². The van der Waals surface area contributed by atoms with Crippen LogP contribution >= 0.6 is 15.9 Å². The fourth-order valence-corrected chi connectivity index (χ4v) is 1.80. The first kappa shape index (κ1) is 12.7. The van der Waals surface area contributed by atoms with Gasteiger partial charge in [0.2, 0.25) is 0 Å². The molecule has 0 aliphatic carbocycles. The number of hydrogen-bond acceptors (Lipinski definition) is 4. The average Bonchev–Trinajstić information content (AvgIpc) is 2.78. The Morgan fingerprint density at radius 2 is 2.22 bits per heavy atom. The van der Waals surface area contributed by atoms with E-state index in [0.717, 1.165) is 16.9 Å². The number of nitro benzene ring substituents is 1. The molecule has 7 heteroatoms. The molecule has 0 amide bonds. The normalized spacial score (nSPS) is 12.4. The average molecular weight is 311 g/mol. The predicted octanol–water partition coefficient (Wildman–Crippen LogP) is 2.94. The van der Waals surface area contributed by atoms with E-state index in [0.29, 0.717) is 0 Å². The van der Waals surface area contributed by atoms with Gasteiger partial charge < -0.3 is 0 Å². The third-order valence-electron chi connectivity index (χ3n) is 2.56. The number of aryl methyl sites for hydroxylation is 1. The van der Waals surface area contributed by atoms with Gasteiger partial charge in [0.1, 0.15) is 0 Å². The Morgan fingerprint density at radius 3 is 2.72 bits per heavy atom. The van der Waals surface area contributed by atoms with Gasteiger partial charge in [-0.05, 0) is 25.5 Å². The zero-order valence-electron chi connectivity index (χ0n) is 9.87. The molecule has 0 bridgehead atoms. The first-order valence-electron chi connectivity index (χ1n) is 5.31. The molecule has 0 N–H and O–H groups in total. The van der Waals surface area contributed by atoms with E-state index in [4.69, 9.17) is 0 Å². The molecule has 2 aromatic rings. The van der Waals surface area contributed by atoms with Crippen LogP contribution in [-0.4, -0.2) is 19.9 Å². The van der Waals surface area contributed by atoms with Crippen molar-refractivity contribution in [1.29, 1.82) is 0 Å². The maximum Gasteiger partial charge on any atom is 0.269 e. The Hall–Kier alpha value is -1.76. The van der Waals surface area contributed by atoms with Crippen LogP contribution in [0.1, 0.15) is 23.0 Å². The van der Waals surface area contributed by atoms with Crippen LogP contribution in [-0.2, 0) is 0 Å². The van der Waals surface area contributed by atoms with Crippen molar-refractivity contribution < 1.29 is 4.92 Å². The van der Waals surface area contributed by atoms with E-state index in [1.165, 1.54) is 12.1 Å². The highest BCUT2D eigenvalue weighted by Crippen LogP contribution is 2.22. The molecular formula is C11H11BrN4O2. The van der Waals surface area contributed by atoms with E-state index in [9.17, 15) is 10.1 Å². The van der Waals surface area contributed by atoms with Gasteiger partial charge in [-0.25, -0.2) is 4.68 Å². The number of halogens is 1. The van der Waals surface area contributed by atoms with Crippen LogP contribution in [0.3, 0.4) is 0 Å². The molecule has 0 radical (unpaired) electrons. The van der Waals surface area contributed by atoms with Crippen molar-refractivity contribution in [2.24, 2.45) is 0 Å². The van der Waals surface area contributed by atoms with Crippen LogP contribution in [0.15, 0.2) is 24.4 Å². The minimum Gasteiger partial charge on any atom is -0.258 e. The molecule has 18 heavy (non-hydrogen) atoms. The maximum atomic E-state index is 10.7. The molecule has 1 heterocycles. The molecule has 1 atom stereocenters. The molecule has 0 fully saturated rings. The second-order valence-corrected chi connectivity index (χ2v) is 5.31. The minimum atomic E-state index is -0.413. The smallest absolute Gasteiger partial charge is 0.258 e. The third-order valence-corrected chi connectivity index (χ3v) is 3.03. The van der Waals surface area contributed by atoms with Gasteiger partial charge in [-0.3, -0.25) is 10.1 Å². The van der Waals surface area contributed by atoms with Crippen molar-refractivity contribution in [1.82, 2.24) is 15.0 Å². The van der Waals surface area contributed by atoms with Crippen LogP contribution < -0.4 is 0 Å². The molecule has 1 aromatic carbocycles. The second kappa shape index (κ2) is 4.85. The summed E-state index contributed by atoms with van der Waals surface area (Å²) in [6, 6.07) is 4.65. The van der Waals surface area contributed by atoms with Gasteiger partial charge in [-0.15, -0.1) is 5.10 Å². The quantitative estimate of drug-likeness (QED) is 0.496. The summed E-state index contributed by atoms with van der Waals surface area (Å²) in [6.45, 7) is 3.76. The first-order valence-corrected chi connectivity index (χ1v) is 6.22. The van der Waals surface area contributed by atoms with Gasteiger partial charge in [-0.2, -0.15) is 0 Å². The van der Waals surface area contributed by atoms with Crippen LogP contribution in [0, 0.1) is 17.0 Å². The summed E-state index contributed by atoms with van der Waals surface area (Å²) in [6.07, 6.45) is 1.80. The number of hydrogen-bond donors (Lipinski definition) is 0. The van der Waals surface area contributed by atoms with Gasteiger partial charge in [0.05, 0.1) is 27.3 Å². The fraction of sp³-hybridized carbons (Fsp3) is 0.273.